The number of benzene rings is 4. The number of hydrogen-bond donors (Lipinski definition) is 4. The number of rotatable bonds is 8. The lowest BCUT2D eigenvalue weighted by Gasteiger charge is -2.29. The van der Waals surface area contributed by atoms with E-state index >= 15 is 0 Å². The number of carbonyl (C=O) groups excluding carboxylic acids is 2. The van der Waals surface area contributed by atoms with E-state index in [0.29, 0.717) is 70.5 Å². The van der Waals surface area contributed by atoms with Gasteiger partial charge in [0.05, 0.1) is 34.6 Å². The lowest BCUT2D eigenvalue weighted by Crippen LogP contribution is -2.40. The van der Waals surface area contributed by atoms with Gasteiger partial charge in [0.1, 0.15) is 11.7 Å². The van der Waals surface area contributed by atoms with Gasteiger partial charge in [-0.1, -0.05) is 59.6 Å². The first-order valence-electron chi connectivity index (χ1n) is 19.7. The number of ether oxygens (including phenoxy) is 1. The summed E-state index contributed by atoms with van der Waals surface area (Å²) in [5, 5.41) is 23.7. The number of amidine groups is 2. The summed E-state index contributed by atoms with van der Waals surface area (Å²) in [5.41, 5.74) is 6.95. The van der Waals surface area contributed by atoms with Crippen molar-refractivity contribution in [3.63, 3.8) is 0 Å². The second-order valence-electron chi connectivity index (χ2n) is 14.2. The highest BCUT2D eigenvalue weighted by atomic mass is 35.5. The second-order valence-corrected chi connectivity index (χ2v) is 15.0. The van der Waals surface area contributed by atoms with E-state index in [2.05, 4.69) is 25.5 Å². The molecule has 2 aliphatic rings. The summed E-state index contributed by atoms with van der Waals surface area (Å²) in [5.74, 6) is 0.538. The fourth-order valence-corrected chi connectivity index (χ4v) is 7.31. The van der Waals surface area contributed by atoms with Crippen LogP contribution in [0.25, 0.3) is 22.5 Å². The summed E-state index contributed by atoms with van der Waals surface area (Å²) in [7, 11) is 0. The number of pyridine rings is 2. The Balaban J connectivity index is 0.000000181. The highest BCUT2D eigenvalue weighted by Crippen LogP contribution is 2.31. The summed E-state index contributed by atoms with van der Waals surface area (Å²) in [6.07, 6.45) is 6.90. The monoisotopic (exact) mass is 838 g/mol. The number of piperidine rings is 1. The lowest BCUT2D eigenvalue weighted by atomic mass is 10.1. The minimum absolute atomic E-state index is 0.208. The molecule has 2 aliphatic heterocycles. The van der Waals surface area contributed by atoms with Crippen LogP contribution in [0.4, 0.5) is 11.4 Å². The normalized spacial score (nSPS) is 13.7. The van der Waals surface area contributed by atoms with E-state index in [0.717, 1.165) is 59.6 Å². The van der Waals surface area contributed by atoms with Crippen LogP contribution in [0.1, 0.15) is 51.1 Å². The van der Waals surface area contributed by atoms with Gasteiger partial charge in [-0.2, -0.15) is 0 Å². The van der Waals surface area contributed by atoms with E-state index in [1.54, 1.807) is 73.1 Å². The Morgan fingerprint density at radius 1 is 0.533 bits per heavy atom. The molecule has 0 unspecified atom stereocenters. The standard InChI is InChI=1S/C24H23ClN4O.C23H21ClN4O2/c25-21-12-11-19(16-20(21)22-6-2-3-13-27-22)28-24(30)18-9-7-17(8-10-18)23(26)29-14-4-1-5-15-29;24-20-9-8-18(15-19(20)21-3-1-2-10-26-21)27-23(29)17-6-4-16(5-7-17)22(25)28-11-13-30-14-12-28/h2-3,6-13,16,26H,1,4-5,14-15H2,(H,28,30);1-10,15,25H,11-14H2,(H,27,29). The van der Waals surface area contributed by atoms with Crippen molar-refractivity contribution in [1.29, 1.82) is 10.8 Å². The fraction of sp³-hybridized carbons (Fsp3) is 0.191. The molecule has 6 aromatic rings. The quantitative estimate of drug-likeness (QED) is 0.0882. The topological polar surface area (TPSA) is 147 Å². The predicted molar refractivity (Wildman–Crippen MR) is 240 cm³/mol. The van der Waals surface area contributed by atoms with Gasteiger partial charge >= 0.3 is 0 Å². The fourth-order valence-electron chi connectivity index (χ4n) is 6.88. The summed E-state index contributed by atoms with van der Waals surface area (Å²) in [4.78, 5) is 38.1. The SMILES string of the molecule is N=C(c1ccc(C(=O)Nc2ccc(Cl)c(-c3ccccn3)c2)cc1)N1CCCCC1.N=C(c1ccc(C(=O)Nc2ccc(Cl)c(-c3ccccn3)c2)cc1)N1CCOCC1. The first-order chi connectivity index (χ1) is 29.2. The first-order valence-corrected chi connectivity index (χ1v) is 20.5. The Labute approximate surface area is 359 Å². The molecule has 0 saturated carbocycles. The molecule has 4 N–H and O–H groups in total. The molecular formula is C47H44Cl2N8O3. The highest BCUT2D eigenvalue weighted by Gasteiger charge is 2.18. The Kier molecular flexibility index (Phi) is 13.9. The van der Waals surface area contributed by atoms with Crippen LogP contribution in [0, 0.1) is 10.8 Å². The van der Waals surface area contributed by atoms with Crippen molar-refractivity contribution >= 4 is 58.1 Å². The molecule has 0 atom stereocenters. The number of carbonyl (C=O) groups is 2. The van der Waals surface area contributed by atoms with Crippen molar-refractivity contribution < 1.29 is 14.3 Å². The number of hydrogen-bond acceptors (Lipinski definition) is 7. The number of amides is 2. The van der Waals surface area contributed by atoms with Crippen LogP contribution < -0.4 is 10.6 Å². The van der Waals surface area contributed by atoms with Crippen molar-refractivity contribution in [2.45, 2.75) is 19.3 Å². The molecule has 0 bridgehead atoms. The summed E-state index contributed by atoms with van der Waals surface area (Å²) < 4.78 is 5.33. The maximum Gasteiger partial charge on any atom is 0.255 e. The molecular weight excluding hydrogens is 795 g/mol. The molecule has 2 amide bonds. The third-order valence-electron chi connectivity index (χ3n) is 10.2. The lowest BCUT2D eigenvalue weighted by molar-refractivity contribution is 0.0680. The molecule has 0 spiro atoms. The largest absolute Gasteiger partial charge is 0.378 e. The molecule has 0 radical (unpaired) electrons. The van der Waals surface area contributed by atoms with Gasteiger partial charge in [-0.3, -0.25) is 30.4 Å². The van der Waals surface area contributed by atoms with Gasteiger partial charge in [0.25, 0.3) is 11.8 Å². The van der Waals surface area contributed by atoms with Gasteiger partial charge in [0.2, 0.25) is 0 Å². The van der Waals surface area contributed by atoms with E-state index in [4.69, 9.17) is 38.8 Å². The molecule has 13 heteroatoms. The van der Waals surface area contributed by atoms with Crippen molar-refractivity contribution in [1.82, 2.24) is 19.8 Å². The van der Waals surface area contributed by atoms with Crippen LogP contribution in [0.2, 0.25) is 10.0 Å². The third kappa shape index (κ3) is 10.6. The van der Waals surface area contributed by atoms with E-state index in [1.807, 2.05) is 65.6 Å². The minimum atomic E-state index is -0.228. The van der Waals surface area contributed by atoms with Crippen LogP contribution in [0.15, 0.2) is 134 Å². The van der Waals surface area contributed by atoms with E-state index in [-0.39, 0.29) is 11.8 Å². The maximum absolute atomic E-state index is 12.7. The van der Waals surface area contributed by atoms with Gasteiger partial charge in [-0.25, -0.2) is 0 Å². The van der Waals surface area contributed by atoms with Gasteiger partial charge < -0.3 is 25.2 Å². The summed E-state index contributed by atoms with van der Waals surface area (Å²) in [6, 6.07) is 36.1. The number of aromatic nitrogens is 2. The van der Waals surface area contributed by atoms with Gasteiger partial charge in [-0.05, 0) is 104 Å². The molecule has 8 rings (SSSR count). The number of nitrogens with one attached hydrogen (secondary N) is 4. The molecule has 2 saturated heterocycles. The van der Waals surface area contributed by atoms with Crippen LogP contribution in [-0.4, -0.2) is 82.6 Å². The number of anilines is 2. The molecule has 60 heavy (non-hydrogen) atoms. The average molecular weight is 840 g/mol. The number of likely N-dealkylation sites (tertiary alicyclic amines) is 1. The van der Waals surface area contributed by atoms with Gasteiger partial charge in [-0.15, -0.1) is 0 Å². The smallest absolute Gasteiger partial charge is 0.255 e. The summed E-state index contributed by atoms with van der Waals surface area (Å²) in [6.45, 7) is 4.52. The van der Waals surface area contributed by atoms with Crippen LogP contribution in [0.5, 0.6) is 0 Å². The minimum Gasteiger partial charge on any atom is -0.378 e. The molecule has 4 aromatic carbocycles. The average Bonchev–Trinajstić information content (AvgIpc) is 3.31. The molecule has 2 aromatic heterocycles. The Hall–Kier alpha value is -6.40. The van der Waals surface area contributed by atoms with Crippen LogP contribution in [0.3, 0.4) is 0 Å². The number of morpholine rings is 1. The van der Waals surface area contributed by atoms with E-state index in [1.165, 1.54) is 6.42 Å². The van der Waals surface area contributed by atoms with Gasteiger partial charge in [0.15, 0.2) is 0 Å². The zero-order chi connectivity index (χ0) is 41.8. The van der Waals surface area contributed by atoms with Crippen molar-refractivity contribution in [2.75, 3.05) is 50.0 Å². The Morgan fingerprint density at radius 3 is 1.37 bits per heavy atom. The Morgan fingerprint density at radius 2 is 0.950 bits per heavy atom. The Bertz CT molecular complexity index is 2270. The maximum atomic E-state index is 12.7. The van der Waals surface area contributed by atoms with Crippen LogP contribution in [-0.2, 0) is 4.74 Å². The molecule has 304 valence electrons. The first kappa shape index (κ1) is 41.7. The zero-order valence-electron chi connectivity index (χ0n) is 32.8. The predicted octanol–water partition coefficient (Wildman–Crippen LogP) is 9.78. The molecule has 11 nitrogen and oxygen atoms in total. The van der Waals surface area contributed by atoms with Crippen molar-refractivity contribution in [3.8, 4) is 22.5 Å². The number of halogens is 2. The number of nitrogens with zero attached hydrogens (tertiary/aromatic N) is 4. The zero-order valence-corrected chi connectivity index (χ0v) is 34.3. The van der Waals surface area contributed by atoms with Crippen LogP contribution >= 0.6 is 23.2 Å². The van der Waals surface area contributed by atoms with E-state index in [9.17, 15) is 9.59 Å². The van der Waals surface area contributed by atoms with Crippen molar-refractivity contribution in [2.24, 2.45) is 0 Å². The molecule has 4 heterocycles. The summed E-state index contributed by atoms with van der Waals surface area (Å²) >= 11 is 12.6. The second kappa shape index (κ2) is 20.0. The third-order valence-corrected chi connectivity index (χ3v) is 10.8. The molecule has 0 aliphatic carbocycles. The van der Waals surface area contributed by atoms with E-state index < -0.39 is 0 Å². The highest BCUT2D eigenvalue weighted by molar-refractivity contribution is 6.33. The molecule has 2 fully saturated rings. The van der Waals surface area contributed by atoms with Crippen molar-refractivity contribution in [3.05, 3.63) is 166 Å². The van der Waals surface area contributed by atoms with Gasteiger partial charge in [0, 0.05) is 83.3 Å².